The molecule has 0 aliphatic carbocycles. The van der Waals surface area contributed by atoms with E-state index in [1.807, 2.05) is 31.3 Å². The summed E-state index contributed by atoms with van der Waals surface area (Å²) in [6.45, 7) is 2.20. The van der Waals surface area contributed by atoms with Gasteiger partial charge in [-0.05, 0) is 59.2 Å². The van der Waals surface area contributed by atoms with Crippen LogP contribution >= 0.6 is 0 Å². The van der Waals surface area contributed by atoms with Crippen molar-refractivity contribution in [3.8, 4) is 0 Å². The highest BCUT2D eigenvalue weighted by molar-refractivity contribution is 5.80. The molecule has 2 heterocycles. The summed E-state index contributed by atoms with van der Waals surface area (Å²) in [7, 11) is 0. The maximum atomic E-state index is 13.2. The van der Waals surface area contributed by atoms with Gasteiger partial charge in [0, 0.05) is 35.5 Å². The third kappa shape index (κ3) is 3.16. The van der Waals surface area contributed by atoms with Crippen LogP contribution in [-0.4, -0.2) is 9.97 Å². The van der Waals surface area contributed by atoms with Crippen LogP contribution in [0.3, 0.4) is 0 Å². The average Bonchev–Trinajstić information content (AvgIpc) is 3.21. The lowest BCUT2D eigenvalue weighted by molar-refractivity contribution is 0.612. The number of aromatic nitrogens is 2. The lowest BCUT2D eigenvalue weighted by atomic mass is 10.1. The molecule has 0 saturated heterocycles. The molecule has 4 N–H and O–H groups in total. The standard InChI is InChI=1S/C10H10FN.C9H9FN2/c1-2-7-5-8-3-4-12-10(8)6-9(7)11;10-8-4-9-6(1-2-12-9)3-7(8)5-11/h3-6,12H,2H2,1H3;1-4,12H,5,11H2. The Morgan fingerprint density at radius 1 is 0.833 bits per heavy atom. The summed E-state index contributed by atoms with van der Waals surface area (Å²) in [6, 6.07) is 10.5. The molecule has 0 bridgehead atoms. The van der Waals surface area contributed by atoms with Crippen LogP contribution < -0.4 is 5.73 Å². The fourth-order valence-corrected chi connectivity index (χ4v) is 2.67. The van der Waals surface area contributed by atoms with Gasteiger partial charge in [0.2, 0.25) is 0 Å². The Kier molecular flexibility index (Phi) is 4.62. The van der Waals surface area contributed by atoms with E-state index in [1.54, 1.807) is 18.3 Å². The Bertz CT molecular complexity index is 889. The van der Waals surface area contributed by atoms with Gasteiger partial charge in [0.05, 0.1) is 0 Å². The van der Waals surface area contributed by atoms with Crippen LogP contribution in [0.1, 0.15) is 18.1 Å². The zero-order valence-electron chi connectivity index (χ0n) is 13.4. The van der Waals surface area contributed by atoms with Crippen LogP contribution in [0, 0.1) is 11.6 Å². The van der Waals surface area contributed by atoms with E-state index < -0.39 is 0 Å². The monoisotopic (exact) mass is 327 g/mol. The van der Waals surface area contributed by atoms with Gasteiger partial charge in [0.15, 0.2) is 0 Å². The molecule has 4 rings (SSSR count). The van der Waals surface area contributed by atoms with Crippen molar-refractivity contribution < 1.29 is 8.78 Å². The van der Waals surface area contributed by atoms with E-state index >= 15 is 0 Å². The number of H-pyrrole nitrogens is 2. The van der Waals surface area contributed by atoms with Gasteiger partial charge < -0.3 is 15.7 Å². The zero-order valence-corrected chi connectivity index (χ0v) is 13.4. The number of aryl methyl sites for hydroxylation is 1. The normalized spacial score (nSPS) is 10.8. The third-order valence-electron chi connectivity index (χ3n) is 4.04. The van der Waals surface area contributed by atoms with Crippen molar-refractivity contribution in [2.45, 2.75) is 19.9 Å². The molecule has 0 amide bonds. The largest absolute Gasteiger partial charge is 0.361 e. The van der Waals surface area contributed by atoms with Gasteiger partial charge in [-0.2, -0.15) is 0 Å². The third-order valence-corrected chi connectivity index (χ3v) is 4.04. The van der Waals surface area contributed by atoms with E-state index in [2.05, 4.69) is 9.97 Å². The molecule has 0 spiro atoms. The summed E-state index contributed by atoms with van der Waals surface area (Å²) >= 11 is 0. The molecule has 0 aliphatic rings. The quantitative estimate of drug-likeness (QED) is 0.494. The number of hydrogen-bond donors (Lipinski definition) is 3. The molecule has 0 saturated carbocycles. The average molecular weight is 327 g/mol. The minimum absolute atomic E-state index is 0.118. The van der Waals surface area contributed by atoms with Gasteiger partial charge in [-0.15, -0.1) is 0 Å². The Balaban J connectivity index is 0.000000141. The molecule has 5 heteroatoms. The van der Waals surface area contributed by atoms with Gasteiger partial charge >= 0.3 is 0 Å². The van der Waals surface area contributed by atoms with Crippen molar-refractivity contribution in [3.05, 3.63) is 71.6 Å². The van der Waals surface area contributed by atoms with E-state index in [9.17, 15) is 8.78 Å². The molecule has 0 aliphatic heterocycles. The number of nitrogens with one attached hydrogen (secondary N) is 2. The van der Waals surface area contributed by atoms with Crippen molar-refractivity contribution in [2.24, 2.45) is 5.73 Å². The maximum Gasteiger partial charge on any atom is 0.129 e. The summed E-state index contributed by atoms with van der Waals surface area (Å²) in [4.78, 5) is 5.90. The number of nitrogens with two attached hydrogens (primary N) is 1. The highest BCUT2D eigenvalue weighted by atomic mass is 19.1. The molecule has 124 valence electrons. The maximum absolute atomic E-state index is 13.2. The van der Waals surface area contributed by atoms with E-state index in [0.29, 0.717) is 5.56 Å². The van der Waals surface area contributed by atoms with Crippen molar-refractivity contribution in [3.63, 3.8) is 0 Å². The summed E-state index contributed by atoms with van der Waals surface area (Å²) < 4.78 is 26.3. The fraction of sp³-hybridized carbons (Fsp3) is 0.158. The van der Waals surface area contributed by atoms with E-state index in [0.717, 1.165) is 33.8 Å². The number of benzene rings is 2. The summed E-state index contributed by atoms with van der Waals surface area (Å²) in [5.41, 5.74) is 8.37. The molecule has 0 radical (unpaired) electrons. The van der Waals surface area contributed by atoms with Crippen LogP contribution in [-0.2, 0) is 13.0 Å². The van der Waals surface area contributed by atoms with Crippen LogP contribution in [0.4, 0.5) is 8.78 Å². The minimum Gasteiger partial charge on any atom is -0.361 e. The number of hydrogen-bond acceptors (Lipinski definition) is 1. The number of fused-ring (bicyclic) bond motifs is 2. The van der Waals surface area contributed by atoms with E-state index in [4.69, 9.17) is 5.73 Å². The predicted molar refractivity (Wildman–Crippen MR) is 93.8 cm³/mol. The van der Waals surface area contributed by atoms with Gasteiger partial charge in [-0.1, -0.05) is 6.92 Å². The number of halogens is 2. The summed E-state index contributed by atoms with van der Waals surface area (Å²) in [5.74, 6) is -0.361. The second-order valence-electron chi connectivity index (χ2n) is 5.57. The van der Waals surface area contributed by atoms with Crippen molar-refractivity contribution in [1.82, 2.24) is 9.97 Å². The fourth-order valence-electron chi connectivity index (χ4n) is 2.67. The first-order valence-corrected chi connectivity index (χ1v) is 7.83. The van der Waals surface area contributed by atoms with Crippen molar-refractivity contribution in [1.29, 1.82) is 0 Å². The molecule has 3 nitrogen and oxygen atoms in total. The van der Waals surface area contributed by atoms with Gasteiger partial charge in [0.1, 0.15) is 11.6 Å². The Labute approximate surface area is 138 Å². The Hall–Kier alpha value is -2.66. The molecule has 2 aromatic carbocycles. The zero-order chi connectivity index (χ0) is 17.1. The molecule has 0 atom stereocenters. The second-order valence-corrected chi connectivity index (χ2v) is 5.57. The van der Waals surface area contributed by atoms with Gasteiger partial charge in [0.25, 0.3) is 0 Å². The van der Waals surface area contributed by atoms with Crippen LogP contribution in [0.15, 0.2) is 48.8 Å². The van der Waals surface area contributed by atoms with Crippen LogP contribution in [0.5, 0.6) is 0 Å². The smallest absolute Gasteiger partial charge is 0.129 e. The Morgan fingerprint density at radius 3 is 1.83 bits per heavy atom. The predicted octanol–water partition coefficient (Wildman–Crippen LogP) is 4.64. The molecule has 24 heavy (non-hydrogen) atoms. The highest BCUT2D eigenvalue weighted by Gasteiger charge is 2.03. The first kappa shape index (κ1) is 16.2. The van der Waals surface area contributed by atoms with Gasteiger partial charge in [-0.25, -0.2) is 8.78 Å². The van der Waals surface area contributed by atoms with Crippen LogP contribution in [0.25, 0.3) is 21.8 Å². The number of rotatable bonds is 2. The van der Waals surface area contributed by atoms with Crippen LogP contribution in [0.2, 0.25) is 0 Å². The summed E-state index contributed by atoms with van der Waals surface area (Å²) in [6.07, 6.45) is 4.35. The SMILES string of the molecule is CCc1cc2cc[nH]c2cc1F.NCc1cc2cc[nH]c2cc1F. The van der Waals surface area contributed by atoms with E-state index in [1.165, 1.54) is 6.07 Å². The van der Waals surface area contributed by atoms with E-state index in [-0.39, 0.29) is 18.2 Å². The molecule has 0 fully saturated rings. The molecule has 2 aromatic heterocycles. The topological polar surface area (TPSA) is 57.6 Å². The first-order chi connectivity index (χ1) is 11.6. The molecule has 0 unspecified atom stereocenters. The number of aromatic amines is 2. The molecular weight excluding hydrogens is 308 g/mol. The van der Waals surface area contributed by atoms with Crippen molar-refractivity contribution >= 4 is 21.8 Å². The molecule has 4 aromatic rings. The first-order valence-electron chi connectivity index (χ1n) is 7.83. The molecular formula is C19H19F2N3. The Morgan fingerprint density at radius 2 is 1.33 bits per heavy atom. The van der Waals surface area contributed by atoms with Gasteiger partial charge in [-0.3, -0.25) is 0 Å². The lowest BCUT2D eigenvalue weighted by Gasteiger charge is -1.98. The minimum atomic E-state index is -0.243. The highest BCUT2D eigenvalue weighted by Crippen LogP contribution is 2.18. The summed E-state index contributed by atoms with van der Waals surface area (Å²) in [5, 5.41) is 2.07. The van der Waals surface area contributed by atoms with Crippen molar-refractivity contribution in [2.75, 3.05) is 0 Å². The lowest BCUT2D eigenvalue weighted by Crippen LogP contribution is -1.99. The second kappa shape index (κ2) is 6.84.